The third kappa shape index (κ3) is 4.02. The van der Waals surface area contributed by atoms with E-state index in [1.54, 1.807) is 0 Å². The van der Waals surface area contributed by atoms with Crippen molar-refractivity contribution in [2.75, 3.05) is 7.05 Å². The molecule has 0 aliphatic carbocycles. The molecule has 1 atom stereocenters. The Labute approximate surface area is 123 Å². The number of amides is 1. The molecule has 21 heavy (non-hydrogen) atoms. The van der Waals surface area contributed by atoms with Crippen molar-refractivity contribution >= 4 is 31.3 Å². The molecule has 0 aliphatic rings. The van der Waals surface area contributed by atoms with Gasteiger partial charge in [-0.05, 0) is 6.92 Å². The normalized spacial score (nSPS) is 12.6. The molecule has 1 N–H and O–H groups in total. The minimum atomic E-state index is -4.50. The fraction of sp³-hybridized carbons (Fsp3) is 0.300. The summed E-state index contributed by atoms with van der Waals surface area (Å²) in [4.78, 5) is 20.2. The maximum absolute atomic E-state index is 13.7. The number of halogens is 2. The van der Waals surface area contributed by atoms with Crippen LogP contribution in [0.25, 0.3) is 0 Å². The highest BCUT2D eigenvalue weighted by molar-refractivity contribution is 8.13. The maximum atomic E-state index is 13.7. The lowest BCUT2D eigenvalue weighted by atomic mass is 10.2. The van der Waals surface area contributed by atoms with Crippen molar-refractivity contribution in [1.29, 1.82) is 0 Å². The van der Waals surface area contributed by atoms with Gasteiger partial charge in [-0.1, -0.05) is 0 Å². The van der Waals surface area contributed by atoms with Crippen LogP contribution in [0, 0.1) is 15.9 Å². The molecule has 0 aliphatic heterocycles. The molecule has 1 aromatic carbocycles. The van der Waals surface area contributed by atoms with Crippen molar-refractivity contribution < 1.29 is 27.3 Å². The van der Waals surface area contributed by atoms with Gasteiger partial charge in [0.05, 0.1) is 4.92 Å². The number of hydrogen-bond acceptors (Lipinski definition) is 6. The van der Waals surface area contributed by atoms with Crippen LogP contribution in [0.4, 0.5) is 10.1 Å². The molecule has 116 valence electrons. The zero-order valence-corrected chi connectivity index (χ0v) is 12.4. The molecular formula is C10H10ClFN2O6S. The summed E-state index contributed by atoms with van der Waals surface area (Å²) in [6.07, 6.45) is -1.15. The Morgan fingerprint density at radius 2 is 2.10 bits per heavy atom. The Hall–Kier alpha value is -1.94. The summed E-state index contributed by atoms with van der Waals surface area (Å²) in [6.45, 7) is 1.28. The molecule has 0 bridgehead atoms. The number of nitro benzene ring substituents is 1. The van der Waals surface area contributed by atoms with Gasteiger partial charge in [-0.3, -0.25) is 14.9 Å². The van der Waals surface area contributed by atoms with E-state index in [4.69, 9.17) is 15.4 Å². The Morgan fingerprint density at radius 3 is 2.52 bits per heavy atom. The van der Waals surface area contributed by atoms with Crippen LogP contribution in [0.2, 0.25) is 0 Å². The number of carbonyl (C=O) groups excluding carboxylic acids is 1. The predicted molar refractivity (Wildman–Crippen MR) is 70.2 cm³/mol. The smallest absolute Gasteiger partial charge is 0.312 e. The lowest BCUT2D eigenvalue weighted by Gasteiger charge is -2.13. The highest BCUT2D eigenvalue weighted by Crippen LogP contribution is 2.33. The van der Waals surface area contributed by atoms with Crippen molar-refractivity contribution in [3.8, 4) is 5.75 Å². The van der Waals surface area contributed by atoms with Crippen molar-refractivity contribution in [3.63, 3.8) is 0 Å². The number of nitro groups is 1. The number of likely N-dealkylation sites (N-methyl/N-ethyl adjacent to an activating group) is 1. The summed E-state index contributed by atoms with van der Waals surface area (Å²) < 4.78 is 40.9. The summed E-state index contributed by atoms with van der Waals surface area (Å²) in [5, 5.41) is 13.1. The van der Waals surface area contributed by atoms with Crippen LogP contribution in [-0.2, 0) is 13.8 Å². The summed E-state index contributed by atoms with van der Waals surface area (Å²) >= 11 is 0. The predicted octanol–water partition coefficient (Wildman–Crippen LogP) is 1.17. The highest BCUT2D eigenvalue weighted by atomic mass is 35.7. The van der Waals surface area contributed by atoms with Gasteiger partial charge in [-0.2, -0.15) is 0 Å². The fourth-order valence-corrected chi connectivity index (χ4v) is 2.29. The Balaban J connectivity index is 3.37. The summed E-state index contributed by atoms with van der Waals surface area (Å²) in [7, 11) is 1.80. The molecule has 0 fully saturated rings. The number of ether oxygens (including phenoxy) is 1. The highest BCUT2D eigenvalue weighted by Gasteiger charge is 2.27. The van der Waals surface area contributed by atoms with E-state index in [1.807, 2.05) is 0 Å². The Kier molecular flexibility index (Phi) is 5.07. The zero-order valence-electron chi connectivity index (χ0n) is 10.8. The number of benzene rings is 1. The lowest BCUT2D eigenvalue weighted by molar-refractivity contribution is -0.386. The van der Waals surface area contributed by atoms with Gasteiger partial charge in [0.25, 0.3) is 15.0 Å². The van der Waals surface area contributed by atoms with E-state index in [2.05, 4.69) is 5.32 Å². The van der Waals surface area contributed by atoms with E-state index in [-0.39, 0.29) is 0 Å². The Morgan fingerprint density at radius 1 is 1.52 bits per heavy atom. The third-order valence-electron chi connectivity index (χ3n) is 2.39. The van der Waals surface area contributed by atoms with Gasteiger partial charge in [0, 0.05) is 29.9 Å². The van der Waals surface area contributed by atoms with Crippen LogP contribution < -0.4 is 10.1 Å². The van der Waals surface area contributed by atoms with Gasteiger partial charge in [0.1, 0.15) is 10.7 Å². The SMILES string of the molecule is CNC(=O)C(C)Oc1cc(F)c(S(=O)(=O)Cl)cc1[N+](=O)[O-]. The second-order valence-electron chi connectivity index (χ2n) is 3.82. The summed E-state index contributed by atoms with van der Waals surface area (Å²) in [5.74, 6) is -2.51. The van der Waals surface area contributed by atoms with Gasteiger partial charge in [-0.25, -0.2) is 12.8 Å². The molecule has 0 radical (unpaired) electrons. The van der Waals surface area contributed by atoms with Gasteiger partial charge >= 0.3 is 5.69 Å². The third-order valence-corrected chi connectivity index (χ3v) is 3.73. The molecule has 0 aromatic heterocycles. The van der Waals surface area contributed by atoms with Crippen LogP contribution in [0.3, 0.4) is 0 Å². The second kappa shape index (κ2) is 6.22. The molecule has 1 unspecified atom stereocenters. The van der Waals surface area contributed by atoms with E-state index in [0.717, 1.165) is 0 Å². The lowest BCUT2D eigenvalue weighted by Crippen LogP contribution is -2.33. The monoisotopic (exact) mass is 340 g/mol. The van der Waals surface area contributed by atoms with E-state index < -0.39 is 48.1 Å². The number of hydrogen-bond donors (Lipinski definition) is 1. The van der Waals surface area contributed by atoms with Crippen LogP contribution in [-0.4, -0.2) is 32.4 Å². The van der Waals surface area contributed by atoms with Crippen LogP contribution in [0.1, 0.15) is 6.92 Å². The van der Waals surface area contributed by atoms with E-state index in [9.17, 15) is 27.7 Å². The first-order chi connectivity index (χ1) is 9.57. The van der Waals surface area contributed by atoms with Crippen LogP contribution in [0.15, 0.2) is 17.0 Å². The average Bonchev–Trinajstić information content (AvgIpc) is 2.35. The number of carbonyl (C=O) groups is 1. The number of nitrogens with zero attached hydrogens (tertiary/aromatic N) is 1. The molecule has 0 saturated carbocycles. The molecule has 1 aromatic rings. The van der Waals surface area contributed by atoms with E-state index in [1.165, 1.54) is 14.0 Å². The van der Waals surface area contributed by atoms with Crippen molar-refractivity contribution in [1.82, 2.24) is 5.32 Å². The first-order valence-corrected chi connectivity index (χ1v) is 7.69. The summed E-state index contributed by atoms with van der Waals surface area (Å²) in [5.41, 5.74) is -0.827. The summed E-state index contributed by atoms with van der Waals surface area (Å²) in [6, 6.07) is 0.927. The quantitative estimate of drug-likeness (QED) is 0.488. The van der Waals surface area contributed by atoms with Gasteiger partial charge < -0.3 is 10.1 Å². The number of rotatable bonds is 5. The molecule has 0 saturated heterocycles. The average molecular weight is 341 g/mol. The first kappa shape index (κ1) is 17.1. The molecule has 0 heterocycles. The molecule has 0 spiro atoms. The minimum Gasteiger partial charge on any atom is -0.474 e. The standard InChI is InChI=1S/C10H10ClFN2O6S/c1-5(10(15)13-2)20-8-3-6(12)9(21(11,18)19)4-7(8)14(16)17/h3-5H,1-2H3,(H,13,15). The van der Waals surface area contributed by atoms with Gasteiger partial charge in [0.2, 0.25) is 5.75 Å². The molecule has 1 rings (SSSR count). The molecule has 8 nitrogen and oxygen atoms in total. The van der Waals surface area contributed by atoms with Gasteiger partial charge in [-0.15, -0.1) is 0 Å². The number of nitrogens with one attached hydrogen (secondary N) is 1. The van der Waals surface area contributed by atoms with Crippen LogP contribution >= 0.6 is 10.7 Å². The largest absolute Gasteiger partial charge is 0.474 e. The minimum absolute atomic E-state index is 0.434. The van der Waals surface area contributed by atoms with Crippen molar-refractivity contribution in [2.24, 2.45) is 0 Å². The van der Waals surface area contributed by atoms with Crippen molar-refractivity contribution in [3.05, 3.63) is 28.1 Å². The Bertz CT molecular complexity index is 693. The van der Waals surface area contributed by atoms with E-state index >= 15 is 0 Å². The van der Waals surface area contributed by atoms with Gasteiger partial charge in [0.15, 0.2) is 6.10 Å². The molecule has 1 amide bonds. The van der Waals surface area contributed by atoms with Crippen molar-refractivity contribution in [2.45, 2.75) is 17.9 Å². The fourth-order valence-electron chi connectivity index (χ4n) is 1.40. The zero-order chi connectivity index (χ0) is 16.4. The van der Waals surface area contributed by atoms with E-state index in [0.29, 0.717) is 12.1 Å². The second-order valence-corrected chi connectivity index (χ2v) is 6.35. The topological polar surface area (TPSA) is 116 Å². The maximum Gasteiger partial charge on any atom is 0.312 e. The van der Waals surface area contributed by atoms with Crippen LogP contribution in [0.5, 0.6) is 5.75 Å². The first-order valence-electron chi connectivity index (χ1n) is 5.38. The molecular weight excluding hydrogens is 331 g/mol. The molecule has 11 heteroatoms.